The Kier molecular flexibility index (Phi) is 6.09. The van der Waals surface area contributed by atoms with Crippen LogP contribution in [0.5, 0.6) is 11.5 Å². The summed E-state index contributed by atoms with van der Waals surface area (Å²) in [6.45, 7) is 0. The lowest BCUT2D eigenvalue weighted by Gasteiger charge is -2.13. The SMILES string of the molecule is COc1ccc(OC)c(S(=O)(=O)Nc2ccc(S(=O)(=O)C=CC#N)cc2)c1. The topological polar surface area (TPSA) is 123 Å². The first kappa shape index (κ1) is 20.3. The number of nitrogens with zero attached hydrogens (tertiary/aromatic N) is 1. The number of hydrogen-bond acceptors (Lipinski definition) is 7. The van der Waals surface area contributed by atoms with Crippen LogP contribution in [0.3, 0.4) is 0 Å². The minimum Gasteiger partial charge on any atom is -0.497 e. The van der Waals surface area contributed by atoms with E-state index >= 15 is 0 Å². The fourth-order valence-corrected chi connectivity index (χ4v) is 4.27. The number of benzene rings is 2. The summed E-state index contributed by atoms with van der Waals surface area (Å²) in [6.07, 6.45) is 0.848. The molecular weight excluding hydrogens is 392 g/mol. The highest BCUT2D eigenvalue weighted by molar-refractivity contribution is 7.94. The van der Waals surface area contributed by atoms with Gasteiger partial charge in [0.05, 0.1) is 25.2 Å². The summed E-state index contributed by atoms with van der Waals surface area (Å²) in [5.74, 6) is 0.464. The maximum atomic E-state index is 12.7. The van der Waals surface area contributed by atoms with E-state index in [1.807, 2.05) is 0 Å². The van der Waals surface area contributed by atoms with Crippen LogP contribution in [0.1, 0.15) is 0 Å². The van der Waals surface area contributed by atoms with Gasteiger partial charge in [-0.05, 0) is 36.4 Å². The molecule has 0 unspecified atom stereocenters. The Bertz CT molecular complexity index is 1100. The third-order valence-electron chi connectivity index (χ3n) is 3.42. The number of ether oxygens (including phenoxy) is 2. The molecule has 2 aromatic carbocycles. The predicted octanol–water partition coefficient (Wildman–Crippen LogP) is 2.32. The highest BCUT2D eigenvalue weighted by Crippen LogP contribution is 2.30. The van der Waals surface area contributed by atoms with E-state index in [9.17, 15) is 16.8 Å². The molecule has 0 spiro atoms. The van der Waals surface area contributed by atoms with E-state index in [4.69, 9.17) is 14.7 Å². The molecule has 0 aromatic heterocycles. The summed E-state index contributed by atoms with van der Waals surface area (Å²) < 4.78 is 61.7. The zero-order valence-electron chi connectivity index (χ0n) is 14.4. The molecule has 10 heteroatoms. The third-order valence-corrected chi connectivity index (χ3v) is 6.24. The van der Waals surface area contributed by atoms with Gasteiger partial charge in [-0.2, -0.15) is 5.26 Å². The number of methoxy groups -OCH3 is 2. The lowest BCUT2D eigenvalue weighted by molar-refractivity contribution is 0.392. The number of allylic oxidation sites excluding steroid dienone is 1. The molecule has 2 rings (SSSR count). The number of nitriles is 1. The smallest absolute Gasteiger partial charge is 0.265 e. The first-order valence-corrected chi connectivity index (χ1v) is 10.4. The molecular formula is C17H16N2O6S2. The largest absolute Gasteiger partial charge is 0.497 e. The number of anilines is 1. The second kappa shape index (κ2) is 8.11. The minimum atomic E-state index is -4.01. The zero-order chi connectivity index (χ0) is 20.1. The second-order valence-electron chi connectivity index (χ2n) is 5.12. The lowest BCUT2D eigenvalue weighted by atomic mass is 10.3. The molecule has 8 nitrogen and oxygen atoms in total. The number of sulfone groups is 1. The van der Waals surface area contributed by atoms with Crippen molar-refractivity contribution in [2.24, 2.45) is 0 Å². The van der Waals surface area contributed by atoms with Crippen LogP contribution < -0.4 is 14.2 Å². The standard InChI is InChI=1S/C17H16N2O6S2/c1-24-14-6-9-16(25-2)17(12-14)27(22,23)19-13-4-7-15(8-5-13)26(20,21)11-3-10-18/h3-9,11-12,19H,1-2H3. The van der Waals surface area contributed by atoms with Crippen LogP contribution in [-0.4, -0.2) is 31.1 Å². The van der Waals surface area contributed by atoms with E-state index in [1.165, 1.54) is 50.6 Å². The zero-order valence-corrected chi connectivity index (χ0v) is 16.0. The van der Waals surface area contributed by atoms with Gasteiger partial charge in [-0.15, -0.1) is 0 Å². The molecule has 27 heavy (non-hydrogen) atoms. The number of hydrogen-bond donors (Lipinski definition) is 1. The Morgan fingerprint density at radius 1 is 1.00 bits per heavy atom. The highest BCUT2D eigenvalue weighted by atomic mass is 32.2. The van der Waals surface area contributed by atoms with E-state index < -0.39 is 19.9 Å². The van der Waals surface area contributed by atoms with Gasteiger partial charge in [-0.25, -0.2) is 16.8 Å². The molecule has 0 bridgehead atoms. The van der Waals surface area contributed by atoms with Gasteiger partial charge in [0, 0.05) is 23.2 Å². The van der Waals surface area contributed by atoms with E-state index in [1.54, 1.807) is 12.1 Å². The molecule has 0 aliphatic heterocycles. The van der Waals surface area contributed by atoms with Crippen LogP contribution in [0.25, 0.3) is 0 Å². The van der Waals surface area contributed by atoms with Gasteiger partial charge in [-0.3, -0.25) is 4.72 Å². The fourth-order valence-electron chi connectivity index (χ4n) is 2.12. The molecule has 142 valence electrons. The second-order valence-corrected chi connectivity index (χ2v) is 8.61. The van der Waals surface area contributed by atoms with Crippen molar-refractivity contribution >= 4 is 25.5 Å². The molecule has 1 N–H and O–H groups in total. The van der Waals surface area contributed by atoms with Gasteiger partial charge >= 0.3 is 0 Å². The monoisotopic (exact) mass is 408 g/mol. The maximum Gasteiger partial charge on any atom is 0.265 e. The van der Waals surface area contributed by atoms with Gasteiger partial charge in [-0.1, -0.05) is 0 Å². The fraction of sp³-hybridized carbons (Fsp3) is 0.118. The quantitative estimate of drug-likeness (QED) is 0.697. The Balaban J connectivity index is 2.34. The number of nitrogens with one attached hydrogen (secondary N) is 1. The molecule has 0 amide bonds. The molecule has 0 aliphatic rings. The van der Waals surface area contributed by atoms with Crippen molar-refractivity contribution in [2.75, 3.05) is 18.9 Å². The third kappa shape index (κ3) is 4.78. The van der Waals surface area contributed by atoms with E-state index in [0.717, 1.165) is 11.5 Å². The van der Waals surface area contributed by atoms with Gasteiger partial charge in [0.25, 0.3) is 10.0 Å². The summed E-state index contributed by atoms with van der Waals surface area (Å²) in [4.78, 5) is -0.200. The van der Waals surface area contributed by atoms with Crippen molar-refractivity contribution in [3.8, 4) is 17.6 Å². The Labute approximate surface area is 157 Å². The average molecular weight is 408 g/mol. The predicted molar refractivity (Wildman–Crippen MR) is 98.7 cm³/mol. The van der Waals surface area contributed by atoms with Gasteiger partial charge < -0.3 is 9.47 Å². The van der Waals surface area contributed by atoms with E-state index in [-0.39, 0.29) is 21.2 Å². The van der Waals surface area contributed by atoms with E-state index in [0.29, 0.717) is 5.75 Å². The van der Waals surface area contributed by atoms with Crippen LogP contribution in [0, 0.1) is 11.3 Å². The Hall–Kier alpha value is -3.03. The van der Waals surface area contributed by atoms with Crippen LogP contribution in [-0.2, 0) is 19.9 Å². The van der Waals surface area contributed by atoms with Crippen LogP contribution in [0.2, 0.25) is 0 Å². The highest BCUT2D eigenvalue weighted by Gasteiger charge is 2.21. The maximum absolute atomic E-state index is 12.7. The van der Waals surface area contributed by atoms with Gasteiger partial charge in [0.15, 0.2) is 0 Å². The van der Waals surface area contributed by atoms with Crippen molar-refractivity contribution in [3.05, 3.63) is 53.9 Å². The average Bonchev–Trinajstić information content (AvgIpc) is 2.66. The van der Waals surface area contributed by atoms with Crippen molar-refractivity contribution in [2.45, 2.75) is 9.79 Å². The number of rotatable bonds is 7. The summed E-state index contributed by atoms with van der Waals surface area (Å²) in [5, 5.41) is 9.21. The normalized spacial score (nSPS) is 11.7. The van der Waals surface area contributed by atoms with Gasteiger partial charge in [0.2, 0.25) is 9.84 Å². The molecule has 2 aromatic rings. The lowest BCUT2D eigenvalue weighted by Crippen LogP contribution is -2.14. The summed E-state index contributed by atoms with van der Waals surface area (Å²) >= 11 is 0. The van der Waals surface area contributed by atoms with Crippen LogP contribution in [0.15, 0.2) is 63.7 Å². The van der Waals surface area contributed by atoms with Crippen molar-refractivity contribution in [1.82, 2.24) is 0 Å². The van der Waals surface area contributed by atoms with Gasteiger partial charge in [0.1, 0.15) is 16.4 Å². The minimum absolute atomic E-state index is 0.0732. The van der Waals surface area contributed by atoms with Crippen LogP contribution >= 0.6 is 0 Å². The molecule has 0 saturated heterocycles. The van der Waals surface area contributed by atoms with Crippen molar-refractivity contribution in [1.29, 1.82) is 5.26 Å². The number of sulfonamides is 1. The molecule has 0 atom stereocenters. The first-order valence-electron chi connectivity index (χ1n) is 7.39. The summed E-state index contributed by atoms with van der Waals surface area (Å²) in [6, 6.07) is 11.0. The molecule has 0 aliphatic carbocycles. The summed E-state index contributed by atoms with van der Waals surface area (Å²) in [5.41, 5.74) is 0.156. The molecule has 0 heterocycles. The first-order chi connectivity index (χ1) is 12.7. The van der Waals surface area contributed by atoms with Crippen LogP contribution in [0.4, 0.5) is 5.69 Å². The Morgan fingerprint density at radius 3 is 2.22 bits per heavy atom. The summed E-state index contributed by atoms with van der Waals surface area (Å²) in [7, 11) is -5.03. The molecule has 0 saturated carbocycles. The van der Waals surface area contributed by atoms with Crippen molar-refractivity contribution in [3.63, 3.8) is 0 Å². The Morgan fingerprint density at radius 2 is 1.67 bits per heavy atom. The van der Waals surface area contributed by atoms with Crippen molar-refractivity contribution < 1.29 is 26.3 Å². The molecule has 0 radical (unpaired) electrons. The van der Waals surface area contributed by atoms with E-state index in [2.05, 4.69) is 4.72 Å². The molecule has 0 fully saturated rings.